The molecule has 0 spiro atoms. The molecule has 31 heavy (non-hydrogen) atoms. The monoisotopic (exact) mass is 449 g/mol. The molecule has 3 rings (SSSR count). The van der Waals surface area contributed by atoms with E-state index in [1.165, 1.54) is 23.3 Å². The van der Waals surface area contributed by atoms with Crippen LogP contribution in [0.5, 0.6) is 0 Å². The third-order valence-corrected chi connectivity index (χ3v) is 7.94. The Bertz CT molecular complexity index is 795. The molecular weight excluding hydrogens is 413 g/mol. The fourth-order valence-electron chi connectivity index (χ4n) is 4.87. The maximum Gasteiger partial charge on any atom is 0.348 e. The smallest absolute Gasteiger partial charge is 0.348 e. The lowest BCUT2D eigenvalue weighted by atomic mass is 9.90. The number of anilines is 1. The van der Waals surface area contributed by atoms with Gasteiger partial charge in [-0.1, -0.05) is 32.8 Å². The Labute approximate surface area is 189 Å². The van der Waals surface area contributed by atoms with E-state index in [2.05, 4.69) is 13.0 Å². The Hall–Kier alpha value is -1.69. The Kier molecular flexibility index (Phi) is 8.70. The van der Waals surface area contributed by atoms with Crippen LogP contribution in [0.4, 0.5) is 10.1 Å². The number of carbonyl (C=O) groups is 2. The van der Waals surface area contributed by atoms with Gasteiger partial charge < -0.3 is 10.0 Å². The summed E-state index contributed by atoms with van der Waals surface area (Å²) < 4.78 is 13.9. The van der Waals surface area contributed by atoms with Gasteiger partial charge in [0.25, 0.3) is 0 Å². The van der Waals surface area contributed by atoms with Crippen LogP contribution in [0.15, 0.2) is 12.1 Å². The summed E-state index contributed by atoms with van der Waals surface area (Å²) >= 11 is 1.29. The lowest BCUT2D eigenvalue weighted by Gasteiger charge is -2.37. The highest BCUT2D eigenvalue weighted by Crippen LogP contribution is 2.41. The number of carbonyl (C=O) groups excluding carboxylic acids is 1. The molecule has 1 aromatic rings. The van der Waals surface area contributed by atoms with E-state index in [-0.39, 0.29) is 22.7 Å². The van der Waals surface area contributed by atoms with Crippen LogP contribution in [-0.4, -0.2) is 29.2 Å². The van der Waals surface area contributed by atoms with E-state index in [0.717, 1.165) is 49.8 Å². The second-order valence-electron chi connectivity index (χ2n) is 8.97. The van der Waals surface area contributed by atoms with Crippen molar-refractivity contribution in [1.82, 2.24) is 0 Å². The quantitative estimate of drug-likeness (QED) is 0.432. The molecular formula is C25H36FNO3S. The van der Waals surface area contributed by atoms with Crippen LogP contribution >= 0.6 is 11.3 Å². The van der Waals surface area contributed by atoms with E-state index >= 15 is 0 Å². The first-order valence-corrected chi connectivity index (χ1v) is 12.8. The predicted molar refractivity (Wildman–Crippen MR) is 126 cm³/mol. The minimum absolute atomic E-state index is 0.0164. The van der Waals surface area contributed by atoms with Gasteiger partial charge in [0.15, 0.2) is 0 Å². The lowest BCUT2D eigenvalue weighted by Crippen LogP contribution is -2.46. The van der Waals surface area contributed by atoms with Crippen LogP contribution in [0.1, 0.15) is 105 Å². The Morgan fingerprint density at radius 1 is 1.23 bits per heavy atom. The van der Waals surface area contributed by atoms with Gasteiger partial charge in [0, 0.05) is 16.8 Å². The summed E-state index contributed by atoms with van der Waals surface area (Å²) in [7, 11) is 0. The van der Waals surface area contributed by atoms with Crippen molar-refractivity contribution >= 4 is 34.5 Å². The van der Waals surface area contributed by atoms with Gasteiger partial charge in [-0.05, 0) is 75.8 Å². The molecule has 2 aliphatic carbocycles. The summed E-state index contributed by atoms with van der Waals surface area (Å²) in [5.41, 5.74) is 1.73. The Morgan fingerprint density at radius 3 is 2.55 bits per heavy atom. The van der Waals surface area contributed by atoms with Gasteiger partial charge in [-0.2, -0.15) is 0 Å². The third kappa shape index (κ3) is 5.76. The van der Waals surface area contributed by atoms with Crippen LogP contribution in [0.2, 0.25) is 0 Å². The van der Waals surface area contributed by atoms with Crippen LogP contribution in [0, 0.1) is 5.92 Å². The number of carboxylic acid groups (broad SMARTS) is 1. The van der Waals surface area contributed by atoms with Gasteiger partial charge in [0.2, 0.25) is 5.91 Å². The van der Waals surface area contributed by atoms with Crippen molar-refractivity contribution in [3.8, 4) is 0 Å². The van der Waals surface area contributed by atoms with Crippen molar-refractivity contribution in [1.29, 1.82) is 0 Å². The number of rotatable bonds is 9. The standard InChI is InChI=1S/C25H36FNO3S/c1-3-5-9-17(4-2)24(28)27(20-14-12-19(26)13-15-20)21-16-22(31-23(21)25(29)30)18-10-7-6-8-11-18/h10,16-17,19-20H,3-9,11-15H2,1-2H3,(H,29,30). The van der Waals surface area contributed by atoms with E-state index in [0.29, 0.717) is 31.4 Å². The lowest BCUT2D eigenvalue weighted by molar-refractivity contribution is -0.123. The van der Waals surface area contributed by atoms with Crippen LogP contribution in [0.3, 0.4) is 0 Å². The number of carboxylic acids is 1. The normalized spacial score (nSPS) is 22.6. The molecule has 0 aliphatic heterocycles. The molecule has 1 atom stereocenters. The summed E-state index contributed by atoms with van der Waals surface area (Å²) in [4.78, 5) is 28.9. The summed E-state index contributed by atoms with van der Waals surface area (Å²) in [6, 6.07) is 1.80. The number of halogens is 1. The van der Waals surface area contributed by atoms with Crippen LogP contribution < -0.4 is 4.90 Å². The number of alkyl halides is 1. The van der Waals surface area contributed by atoms with E-state index < -0.39 is 12.1 Å². The number of nitrogens with zero attached hydrogens (tertiary/aromatic N) is 1. The average Bonchev–Trinajstić information content (AvgIpc) is 3.22. The number of allylic oxidation sites excluding steroid dienone is 2. The van der Waals surface area contributed by atoms with E-state index in [9.17, 15) is 19.1 Å². The topological polar surface area (TPSA) is 57.6 Å². The number of thiophene rings is 1. The first-order valence-electron chi connectivity index (χ1n) is 12.0. The number of amides is 1. The summed E-state index contributed by atoms with van der Waals surface area (Å²) in [5, 5.41) is 9.98. The zero-order chi connectivity index (χ0) is 22.4. The van der Waals surface area contributed by atoms with Crippen LogP contribution in [-0.2, 0) is 4.79 Å². The highest BCUT2D eigenvalue weighted by atomic mass is 32.1. The van der Waals surface area contributed by atoms with Gasteiger partial charge in [-0.25, -0.2) is 9.18 Å². The molecule has 172 valence electrons. The summed E-state index contributed by atoms with van der Waals surface area (Å²) in [6.07, 6.45) is 11.2. The average molecular weight is 450 g/mol. The van der Waals surface area contributed by atoms with Gasteiger partial charge in [0.1, 0.15) is 11.0 Å². The molecule has 1 unspecified atom stereocenters. The molecule has 6 heteroatoms. The maximum atomic E-state index is 13.9. The molecule has 1 saturated carbocycles. The van der Waals surface area contributed by atoms with E-state index in [1.54, 1.807) is 4.90 Å². The van der Waals surface area contributed by atoms with Gasteiger partial charge in [-0.3, -0.25) is 4.79 Å². The minimum atomic E-state index is -0.985. The molecule has 1 amide bonds. The summed E-state index contributed by atoms with van der Waals surface area (Å²) in [5.74, 6) is -1.09. The van der Waals surface area contributed by atoms with Crippen molar-refractivity contribution < 1.29 is 19.1 Å². The second-order valence-corrected chi connectivity index (χ2v) is 10.0. The van der Waals surface area contributed by atoms with E-state index in [1.807, 2.05) is 13.0 Å². The molecule has 0 saturated heterocycles. The SMILES string of the molecule is CCCCC(CC)C(=O)N(c1cc(C2=CCCCC2)sc1C(=O)O)C1CCC(F)CC1. The predicted octanol–water partition coefficient (Wildman–Crippen LogP) is 7.23. The van der Waals surface area contributed by atoms with Crippen LogP contribution in [0.25, 0.3) is 5.57 Å². The van der Waals surface area contributed by atoms with E-state index in [4.69, 9.17) is 0 Å². The molecule has 0 radical (unpaired) electrons. The zero-order valence-corrected chi connectivity index (χ0v) is 19.7. The molecule has 1 heterocycles. The maximum absolute atomic E-state index is 13.9. The molecule has 0 aromatic carbocycles. The zero-order valence-electron chi connectivity index (χ0n) is 18.9. The fourth-order valence-corrected chi connectivity index (χ4v) is 5.93. The largest absolute Gasteiger partial charge is 0.477 e. The van der Waals surface area contributed by atoms with Crippen molar-refractivity contribution in [2.45, 2.75) is 103 Å². The Morgan fingerprint density at radius 2 is 1.97 bits per heavy atom. The molecule has 2 aliphatic rings. The molecule has 1 N–H and O–H groups in total. The highest BCUT2D eigenvalue weighted by Gasteiger charge is 2.36. The summed E-state index contributed by atoms with van der Waals surface area (Å²) in [6.45, 7) is 4.14. The second kappa shape index (κ2) is 11.3. The van der Waals surface area contributed by atoms with Crippen molar-refractivity contribution in [3.63, 3.8) is 0 Å². The van der Waals surface area contributed by atoms with Gasteiger partial charge >= 0.3 is 5.97 Å². The number of hydrogen-bond acceptors (Lipinski definition) is 3. The molecule has 1 aromatic heterocycles. The number of unbranched alkanes of at least 4 members (excludes halogenated alkanes) is 1. The first-order chi connectivity index (χ1) is 15.0. The van der Waals surface area contributed by atoms with Crippen molar-refractivity contribution in [2.24, 2.45) is 5.92 Å². The fraction of sp³-hybridized carbons (Fsp3) is 0.680. The number of aromatic carboxylic acids is 1. The number of hydrogen-bond donors (Lipinski definition) is 1. The molecule has 4 nitrogen and oxygen atoms in total. The first kappa shape index (κ1) is 24.0. The Balaban J connectivity index is 2.01. The minimum Gasteiger partial charge on any atom is -0.477 e. The third-order valence-electron chi connectivity index (χ3n) is 6.75. The van der Waals surface area contributed by atoms with Gasteiger partial charge in [0.05, 0.1) is 5.69 Å². The molecule has 1 fully saturated rings. The molecule has 0 bridgehead atoms. The highest BCUT2D eigenvalue weighted by molar-refractivity contribution is 7.15. The van der Waals surface area contributed by atoms with Gasteiger partial charge in [-0.15, -0.1) is 11.3 Å². The van der Waals surface area contributed by atoms with Crippen molar-refractivity contribution in [2.75, 3.05) is 4.90 Å². The van der Waals surface area contributed by atoms with Crippen molar-refractivity contribution in [3.05, 3.63) is 21.9 Å².